The highest BCUT2D eigenvalue weighted by atomic mass is 32.1. The maximum atomic E-state index is 6.14. The third kappa shape index (κ3) is 5.41. The van der Waals surface area contributed by atoms with Crippen LogP contribution in [0.3, 0.4) is 0 Å². The van der Waals surface area contributed by atoms with Gasteiger partial charge in [0, 0.05) is 44.1 Å². The minimum atomic E-state index is 0.174. The van der Waals surface area contributed by atoms with Crippen molar-refractivity contribution in [2.45, 2.75) is 56.8 Å². The Bertz CT molecular complexity index is 606. The van der Waals surface area contributed by atoms with Gasteiger partial charge >= 0.3 is 0 Å². The molecular weight excluding hydrogens is 358 g/mol. The normalized spacial score (nSPS) is 29.0. The van der Waals surface area contributed by atoms with Crippen molar-refractivity contribution in [3.63, 3.8) is 0 Å². The molecule has 0 spiro atoms. The van der Waals surface area contributed by atoms with Gasteiger partial charge < -0.3 is 25.0 Å². The van der Waals surface area contributed by atoms with Crippen LogP contribution < -0.4 is 15.4 Å². The van der Waals surface area contributed by atoms with Gasteiger partial charge in [-0.15, -0.1) is 0 Å². The number of nitrogens with one attached hydrogen (secondary N) is 2. The second kappa shape index (κ2) is 9.32. The molecule has 0 bridgehead atoms. The molecule has 3 fully saturated rings. The molecule has 4 rings (SSSR count). The van der Waals surface area contributed by atoms with E-state index in [1.165, 1.54) is 45.2 Å². The molecule has 27 heavy (non-hydrogen) atoms. The Kier molecular flexibility index (Phi) is 6.60. The Labute approximate surface area is 167 Å². The number of hydrogen-bond donors (Lipinski definition) is 2. The predicted octanol–water partition coefficient (Wildman–Crippen LogP) is 3.20. The number of nitrogens with zero attached hydrogens (tertiary/aromatic N) is 1. The summed E-state index contributed by atoms with van der Waals surface area (Å²) in [5, 5.41) is 6.64. The number of likely N-dealkylation sites (tertiary alicyclic amines) is 1. The summed E-state index contributed by atoms with van der Waals surface area (Å²) in [6, 6.07) is 8.91. The zero-order valence-electron chi connectivity index (χ0n) is 16.0. The van der Waals surface area contributed by atoms with Gasteiger partial charge in [0.15, 0.2) is 0 Å². The van der Waals surface area contributed by atoms with E-state index in [0.29, 0.717) is 6.10 Å². The van der Waals surface area contributed by atoms with Crippen LogP contribution in [0.15, 0.2) is 24.3 Å². The van der Waals surface area contributed by atoms with Crippen molar-refractivity contribution in [2.75, 3.05) is 38.1 Å². The number of benzene rings is 1. The Morgan fingerprint density at radius 3 is 2.67 bits per heavy atom. The molecule has 2 saturated heterocycles. The summed E-state index contributed by atoms with van der Waals surface area (Å²) in [5.74, 6) is 0.952. The number of piperidine rings is 1. The van der Waals surface area contributed by atoms with E-state index < -0.39 is 0 Å². The van der Waals surface area contributed by atoms with Gasteiger partial charge in [-0.1, -0.05) is 18.6 Å². The van der Waals surface area contributed by atoms with Crippen LogP contribution in [-0.4, -0.2) is 60.9 Å². The number of ether oxygens (including phenoxy) is 2. The van der Waals surface area contributed by atoms with Crippen LogP contribution >= 0.6 is 12.2 Å². The Hall–Kier alpha value is -1.21. The van der Waals surface area contributed by atoms with Crippen LogP contribution in [0.25, 0.3) is 0 Å². The zero-order chi connectivity index (χ0) is 18.5. The summed E-state index contributed by atoms with van der Waals surface area (Å²) in [4.78, 5) is 3.48. The van der Waals surface area contributed by atoms with Crippen molar-refractivity contribution in [1.29, 1.82) is 0 Å². The molecule has 0 amide bonds. The van der Waals surface area contributed by atoms with Gasteiger partial charge in [-0.25, -0.2) is 0 Å². The third-order valence-electron chi connectivity index (χ3n) is 5.84. The highest BCUT2D eigenvalue weighted by Gasteiger charge is 2.35. The highest BCUT2D eigenvalue weighted by Crippen LogP contribution is 2.31. The molecule has 1 aliphatic carbocycles. The van der Waals surface area contributed by atoms with E-state index in [4.69, 9.17) is 21.7 Å². The average Bonchev–Trinajstić information content (AvgIpc) is 2.67. The molecule has 1 aromatic rings. The van der Waals surface area contributed by atoms with E-state index >= 15 is 0 Å². The number of anilines is 1. The van der Waals surface area contributed by atoms with Gasteiger partial charge in [-0.05, 0) is 50.2 Å². The van der Waals surface area contributed by atoms with E-state index in [0.717, 1.165) is 48.6 Å². The molecule has 6 heteroatoms. The molecule has 1 saturated carbocycles. The zero-order valence-corrected chi connectivity index (χ0v) is 16.8. The monoisotopic (exact) mass is 389 g/mol. The standard InChI is InChI=1S/C21H31N3O2S/c27-21(14-20-15-22-8-11-25-20)23-16-4-6-18(7-5-16)26-19-12-17(13-19)24-9-2-1-3-10-24/h4-7,17,19-20,22H,1-3,8-15H2,(H,23,27). The number of thiocarbonyl (C=S) groups is 1. The van der Waals surface area contributed by atoms with E-state index in [1.54, 1.807) is 0 Å². The smallest absolute Gasteiger partial charge is 0.119 e. The van der Waals surface area contributed by atoms with E-state index in [1.807, 2.05) is 24.3 Å². The average molecular weight is 390 g/mol. The molecule has 1 aromatic carbocycles. The van der Waals surface area contributed by atoms with Gasteiger partial charge in [0.05, 0.1) is 17.7 Å². The third-order valence-corrected chi connectivity index (χ3v) is 6.10. The molecule has 0 radical (unpaired) electrons. The van der Waals surface area contributed by atoms with Crippen LogP contribution in [-0.2, 0) is 4.74 Å². The second-order valence-electron chi connectivity index (χ2n) is 7.94. The molecule has 5 nitrogen and oxygen atoms in total. The first-order valence-electron chi connectivity index (χ1n) is 10.4. The van der Waals surface area contributed by atoms with Gasteiger partial charge in [-0.2, -0.15) is 0 Å². The van der Waals surface area contributed by atoms with Crippen molar-refractivity contribution in [1.82, 2.24) is 10.2 Å². The summed E-state index contributed by atoms with van der Waals surface area (Å²) >= 11 is 5.47. The summed E-state index contributed by atoms with van der Waals surface area (Å²) in [7, 11) is 0. The lowest BCUT2D eigenvalue weighted by Crippen LogP contribution is -2.50. The Morgan fingerprint density at radius 2 is 1.96 bits per heavy atom. The lowest BCUT2D eigenvalue weighted by molar-refractivity contribution is 0.00893. The SMILES string of the molecule is S=C(CC1CNCCO1)Nc1ccc(OC2CC(N3CCCCC3)C2)cc1. The van der Waals surface area contributed by atoms with E-state index in [9.17, 15) is 0 Å². The Morgan fingerprint density at radius 1 is 1.19 bits per heavy atom. The fourth-order valence-electron chi connectivity index (χ4n) is 4.19. The first-order chi connectivity index (χ1) is 13.3. The van der Waals surface area contributed by atoms with Crippen molar-refractivity contribution in [3.05, 3.63) is 24.3 Å². The molecule has 1 unspecified atom stereocenters. The molecule has 2 aliphatic heterocycles. The number of hydrogen-bond acceptors (Lipinski definition) is 5. The van der Waals surface area contributed by atoms with Crippen molar-refractivity contribution in [2.24, 2.45) is 0 Å². The predicted molar refractivity (Wildman–Crippen MR) is 113 cm³/mol. The Balaban J connectivity index is 1.18. The topological polar surface area (TPSA) is 45.8 Å². The van der Waals surface area contributed by atoms with E-state index in [-0.39, 0.29) is 6.10 Å². The van der Waals surface area contributed by atoms with Crippen LogP contribution in [0.5, 0.6) is 5.75 Å². The van der Waals surface area contributed by atoms with Gasteiger partial charge in [-0.3, -0.25) is 0 Å². The van der Waals surface area contributed by atoms with Crippen molar-refractivity contribution in [3.8, 4) is 5.75 Å². The quantitative estimate of drug-likeness (QED) is 0.729. The number of rotatable bonds is 6. The van der Waals surface area contributed by atoms with Crippen LogP contribution in [0.2, 0.25) is 0 Å². The van der Waals surface area contributed by atoms with Gasteiger partial charge in [0.25, 0.3) is 0 Å². The summed E-state index contributed by atoms with van der Waals surface area (Å²) < 4.78 is 11.8. The molecule has 2 heterocycles. The van der Waals surface area contributed by atoms with Gasteiger partial charge in [0.2, 0.25) is 0 Å². The van der Waals surface area contributed by atoms with Gasteiger partial charge in [0.1, 0.15) is 11.9 Å². The molecule has 0 aromatic heterocycles. The largest absolute Gasteiger partial charge is 0.490 e. The molecular formula is C21H31N3O2S. The maximum absolute atomic E-state index is 6.14. The minimum absolute atomic E-state index is 0.174. The molecule has 1 atom stereocenters. The van der Waals surface area contributed by atoms with Crippen molar-refractivity contribution < 1.29 is 9.47 Å². The van der Waals surface area contributed by atoms with E-state index in [2.05, 4.69) is 15.5 Å². The second-order valence-corrected chi connectivity index (χ2v) is 8.43. The fraction of sp³-hybridized carbons (Fsp3) is 0.667. The first-order valence-corrected chi connectivity index (χ1v) is 10.8. The highest BCUT2D eigenvalue weighted by molar-refractivity contribution is 7.80. The maximum Gasteiger partial charge on any atom is 0.119 e. The van der Waals surface area contributed by atoms with Crippen LogP contribution in [0, 0.1) is 0 Å². The number of morpholine rings is 1. The summed E-state index contributed by atoms with van der Waals surface area (Å²) in [6.45, 7) is 5.12. The fourth-order valence-corrected chi connectivity index (χ4v) is 4.50. The lowest BCUT2D eigenvalue weighted by atomic mass is 9.86. The molecule has 3 aliphatic rings. The van der Waals surface area contributed by atoms with Crippen molar-refractivity contribution >= 4 is 22.9 Å². The first kappa shape index (κ1) is 19.1. The summed E-state index contributed by atoms with van der Waals surface area (Å²) in [6.07, 6.45) is 7.75. The molecule has 148 valence electrons. The van der Waals surface area contributed by atoms with Crippen LogP contribution in [0.1, 0.15) is 38.5 Å². The summed E-state index contributed by atoms with van der Waals surface area (Å²) in [5.41, 5.74) is 1.01. The van der Waals surface area contributed by atoms with Crippen LogP contribution in [0.4, 0.5) is 5.69 Å². The molecule has 2 N–H and O–H groups in total. The minimum Gasteiger partial charge on any atom is -0.490 e. The lowest BCUT2D eigenvalue weighted by Gasteiger charge is -2.44.